The van der Waals surface area contributed by atoms with Crippen molar-refractivity contribution in [2.45, 2.75) is 6.42 Å². The Hall–Kier alpha value is -0.450. The van der Waals surface area contributed by atoms with Gasteiger partial charge < -0.3 is 10.0 Å². The largest absolute Gasteiger partial charge is 0.504 e. The summed E-state index contributed by atoms with van der Waals surface area (Å²) in [6, 6.07) is 3.00. The van der Waals surface area contributed by atoms with Crippen LogP contribution in [-0.2, 0) is 4.79 Å². The van der Waals surface area contributed by atoms with Gasteiger partial charge in [-0.1, -0.05) is 39.1 Å². The number of carbonyl (C=O) groups excluding carboxylic acids is 1. The molecule has 1 unspecified atom stereocenters. The Labute approximate surface area is 117 Å². The van der Waals surface area contributed by atoms with E-state index in [9.17, 15) is 9.90 Å². The van der Waals surface area contributed by atoms with E-state index in [4.69, 9.17) is 23.2 Å². The fourth-order valence-corrected chi connectivity index (χ4v) is 2.79. The fraction of sp³-hybridized carbons (Fsp3) is 0.364. The van der Waals surface area contributed by atoms with E-state index in [1.807, 2.05) is 0 Å². The molecule has 1 fully saturated rings. The van der Waals surface area contributed by atoms with Crippen LogP contribution < -0.4 is 4.90 Å². The van der Waals surface area contributed by atoms with Crippen molar-refractivity contribution in [1.29, 1.82) is 0 Å². The minimum Gasteiger partial charge on any atom is -0.504 e. The van der Waals surface area contributed by atoms with E-state index in [1.165, 1.54) is 11.0 Å². The number of rotatable bonds is 2. The average molecular weight is 339 g/mol. The highest BCUT2D eigenvalue weighted by atomic mass is 79.9. The van der Waals surface area contributed by atoms with Gasteiger partial charge in [-0.25, -0.2) is 0 Å². The maximum atomic E-state index is 11.8. The molecular weight excluding hydrogens is 329 g/mol. The molecule has 6 heteroatoms. The van der Waals surface area contributed by atoms with Crippen LogP contribution in [0.15, 0.2) is 12.1 Å². The van der Waals surface area contributed by atoms with Gasteiger partial charge in [0.05, 0.1) is 10.7 Å². The van der Waals surface area contributed by atoms with Crippen molar-refractivity contribution in [2.24, 2.45) is 5.92 Å². The number of anilines is 1. The highest BCUT2D eigenvalue weighted by Crippen LogP contribution is 2.39. The van der Waals surface area contributed by atoms with E-state index in [2.05, 4.69) is 15.9 Å². The van der Waals surface area contributed by atoms with Crippen molar-refractivity contribution in [3.05, 3.63) is 22.2 Å². The third-order valence-electron chi connectivity index (χ3n) is 2.72. The van der Waals surface area contributed by atoms with Gasteiger partial charge in [-0.15, -0.1) is 0 Å². The quantitative estimate of drug-likeness (QED) is 0.839. The lowest BCUT2D eigenvalue weighted by Crippen LogP contribution is -2.24. The lowest BCUT2D eigenvalue weighted by Gasteiger charge is -2.18. The fourth-order valence-electron chi connectivity index (χ4n) is 1.88. The molecule has 0 saturated carbocycles. The molecule has 1 saturated heterocycles. The second-order valence-electron chi connectivity index (χ2n) is 3.98. The first-order valence-electron chi connectivity index (χ1n) is 5.07. The van der Waals surface area contributed by atoms with Gasteiger partial charge in [0.15, 0.2) is 5.75 Å². The monoisotopic (exact) mass is 337 g/mol. The van der Waals surface area contributed by atoms with Gasteiger partial charge in [0.1, 0.15) is 0 Å². The molecular formula is C11H10BrCl2NO2. The number of phenols is 1. The summed E-state index contributed by atoms with van der Waals surface area (Å²) < 4.78 is 0. The number of alkyl halides is 1. The number of phenolic OH excluding ortho intramolecular Hbond substituents is 1. The number of hydrogen-bond donors (Lipinski definition) is 1. The Bertz CT molecular complexity index is 467. The summed E-state index contributed by atoms with van der Waals surface area (Å²) in [5, 5.41) is 11.2. The van der Waals surface area contributed by atoms with Crippen LogP contribution in [0, 0.1) is 5.92 Å². The zero-order valence-corrected chi connectivity index (χ0v) is 11.9. The smallest absolute Gasteiger partial charge is 0.227 e. The third kappa shape index (κ3) is 2.54. The van der Waals surface area contributed by atoms with Crippen LogP contribution in [0.4, 0.5) is 5.69 Å². The molecule has 1 atom stereocenters. The summed E-state index contributed by atoms with van der Waals surface area (Å²) in [4.78, 5) is 13.4. The first-order chi connectivity index (χ1) is 8.02. The molecule has 1 aromatic carbocycles. The van der Waals surface area contributed by atoms with Crippen LogP contribution in [0.2, 0.25) is 10.0 Å². The molecule has 0 spiro atoms. The second kappa shape index (κ2) is 5.04. The molecule has 0 aromatic heterocycles. The summed E-state index contributed by atoms with van der Waals surface area (Å²) in [6.45, 7) is 0.564. The van der Waals surface area contributed by atoms with Crippen LogP contribution in [0.1, 0.15) is 6.42 Å². The van der Waals surface area contributed by atoms with Crippen LogP contribution in [-0.4, -0.2) is 22.9 Å². The molecule has 92 valence electrons. The number of hydrogen-bond acceptors (Lipinski definition) is 2. The lowest BCUT2D eigenvalue weighted by atomic mass is 10.2. The Kier molecular flexibility index (Phi) is 3.85. The summed E-state index contributed by atoms with van der Waals surface area (Å²) in [7, 11) is 0. The van der Waals surface area contributed by atoms with Crippen LogP contribution >= 0.6 is 39.1 Å². The Morgan fingerprint density at radius 1 is 1.47 bits per heavy atom. The predicted molar refractivity (Wildman–Crippen MR) is 72.4 cm³/mol. The highest BCUT2D eigenvalue weighted by Gasteiger charge is 2.31. The first-order valence-corrected chi connectivity index (χ1v) is 6.95. The average Bonchev–Trinajstić information content (AvgIpc) is 2.65. The van der Waals surface area contributed by atoms with Crippen LogP contribution in [0.3, 0.4) is 0 Å². The molecule has 1 aromatic rings. The molecule has 0 radical (unpaired) electrons. The number of benzene rings is 1. The van der Waals surface area contributed by atoms with Crippen LogP contribution in [0.25, 0.3) is 0 Å². The summed E-state index contributed by atoms with van der Waals surface area (Å²) in [5.41, 5.74) is 0.385. The van der Waals surface area contributed by atoms with Crippen molar-refractivity contribution in [1.82, 2.24) is 0 Å². The highest BCUT2D eigenvalue weighted by molar-refractivity contribution is 9.09. The predicted octanol–water partition coefficient (Wildman–Crippen LogP) is 3.45. The van der Waals surface area contributed by atoms with E-state index < -0.39 is 0 Å². The van der Waals surface area contributed by atoms with Crippen molar-refractivity contribution in [3.63, 3.8) is 0 Å². The maximum Gasteiger partial charge on any atom is 0.227 e. The molecule has 0 aliphatic carbocycles. The van der Waals surface area contributed by atoms with E-state index in [0.717, 1.165) is 5.33 Å². The standard InChI is InChI=1S/C11H10BrCl2NO2/c12-4-6-1-10(16)15(5-6)9-3-7(13)2-8(14)11(9)17/h2-3,6,17H,1,4-5H2. The van der Waals surface area contributed by atoms with Gasteiger partial charge in [-0.3, -0.25) is 4.79 Å². The van der Waals surface area contributed by atoms with Gasteiger partial charge >= 0.3 is 0 Å². The molecule has 2 rings (SSSR count). The number of carbonyl (C=O) groups is 1. The van der Waals surface area contributed by atoms with Crippen LogP contribution in [0.5, 0.6) is 5.75 Å². The van der Waals surface area contributed by atoms with Crippen molar-refractivity contribution in [3.8, 4) is 5.75 Å². The van der Waals surface area contributed by atoms with Gasteiger partial charge in [-0.05, 0) is 18.1 Å². The van der Waals surface area contributed by atoms with Gasteiger partial charge in [0, 0.05) is 23.3 Å². The summed E-state index contributed by atoms with van der Waals surface area (Å²) in [5.74, 6) is 0.127. The molecule has 17 heavy (non-hydrogen) atoms. The van der Waals surface area contributed by atoms with E-state index in [0.29, 0.717) is 23.7 Å². The minimum atomic E-state index is -0.0976. The van der Waals surface area contributed by atoms with E-state index in [-0.39, 0.29) is 22.6 Å². The molecule has 3 nitrogen and oxygen atoms in total. The zero-order chi connectivity index (χ0) is 12.6. The Balaban J connectivity index is 2.38. The van der Waals surface area contributed by atoms with Crippen molar-refractivity contribution in [2.75, 3.05) is 16.8 Å². The summed E-state index contributed by atoms with van der Waals surface area (Å²) in [6.07, 6.45) is 0.467. The maximum absolute atomic E-state index is 11.8. The van der Waals surface area contributed by atoms with Gasteiger partial charge in [0.2, 0.25) is 5.91 Å². The SMILES string of the molecule is O=C1CC(CBr)CN1c1cc(Cl)cc(Cl)c1O. The summed E-state index contributed by atoms with van der Waals surface area (Å²) >= 11 is 15.1. The Morgan fingerprint density at radius 3 is 2.76 bits per heavy atom. The number of amides is 1. The molecule has 1 N–H and O–H groups in total. The number of halogens is 3. The van der Waals surface area contributed by atoms with E-state index in [1.54, 1.807) is 6.07 Å². The van der Waals surface area contributed by atoms with Gasteiger partial charge in [-0.2, -0.15) is 0 Å². The van der Waals surface area contributed by atoms with Gasteiger partial charge in [0.25, 0.3) is 0 Å². The minimum absolute atomic E-state index is 0.0249. The van der Waals surface area contributed by atoms with Crippen molar-refractivity contribution >= 4 is 50.7 Å². The van der Waals surface area contributed by atoms with E-state index >= 15 is 0 Å². The van der Waals surface area contributed by atoms with Crippen molar-refractivity contribution < 1.29 is 9.90 Å². The lowest BCUT2D eigenvalue weighted by molar-refractivity contribution is -0.117. The third-order valence-corrected chi connectivity index (χ3v) is 4.14. The number of nitrogens with zero attached hydrogens (tertiary/aromatic N) is 1. The molecule has 0 bridgehead atoms. The number of aromatic hydroxyl groups is 1. The Morgan fingerprint density at radius 2 is 2.18 bits per heavy atom. The zero-order valence-electron chi connectivity index (χ0n) is 8.79. The normalized spacial score (nSPS) is 20.1. The first kappa shape index (κ1) is 13.0. The topological polar surface area (TPSA) is 40.5 Å². The molecule has 1 heterocycles. The molecule has 1 aliphatic rings. The molecule has 1 amide bonds. The second-order valence-corrected chi connectivity index (χ2v) is 5.48. The molecule has 1 aliphatic heterocycles.